The van der Waals surface area contributed by atoms with Crippen LogP contribution in [0, 0.1) is 0 Å². The molecule has 2 N–H and O–H groups in total. The molecular formula is C9H19N5O2S. The van der Waals surface area contributed by atoms with Crippen molar-refractivity contribution in [3.8, 4) is 0 Å². The van der Waals surface area contributed by atoms with Crippen molar-refractivity contribution in [2.24, 2.45) is 0 Å². The van der Waals surface area contributed by atoms with Gasteiger partial charge in [0.1, 0.15) is 12.2 Å². The van der Waals surface area contributed by atoms with E-state index in [0.717, 1.165) is 5.82 Å². The van der Waals surface area contributed by atoms with Crippen LogP contribution in [0.5, 0.6) is 0 Å². The first-order valence-corrected chi connectivity index (χ1v) is 6.94. The summed E-state index contributed by atoms with van der Waals surface area (Å²) in [5.41, 5.74) is 0. The monoisotopic (exact) mass is 261 g/mol. The molecule has 0 amide bonds. The Hall–Kier alpha value is -0.990. The molecule has 0 saturated carbocycles. The molecular weight excluding hydrogens is 242 g/mol. The molecule has 0 saturated heterocycles. The average Bonchev–Trinajstić information content (AvgIpc) is 2.76. The molecule has 0 aliphatic carbocycles. The van der Waals surface area contributed by atoms with Gasteiger partial charge < -0.3 is 0 Å². The van der Waals surface area contributed by atoms with Crippen LogP contribution in [0.25, 0.3) is 0 Å². The zero-order chi connectivity index (χ0) is 12.9. The molecule has 0 aromatic carbocycles. The summed E-state index contributed by atoms with van der Waals surface area (Å²) in [6.07, 6.45) is 2.79. The maximum atomic E-state index is 11.7. The summed E-state index contributed by atoms with van der Waals surface area (Å²) in [5, 5.41) is 6.45. The van der Waals surface area contributed by atoms with Crippen LogP contribution in [-0.4, -0.2) is 47.5 Å². The predicted molar refractivity (Wildman–Crippen MR) is 64.5 cm³/mol. The molecule has 1 aromatic heterocycles. The van der Waals surface area contributed by atoms with E-state index >= 15 is 0 Å². The number of aryl methyl sites for hydroxylation is 1. The minimum absolute atomic E-state index is 0.0539. The minimum Gasteiger partial charge on any atom is -0.263 e. The summed E-state index contributed by atoms with van der Waals surface area (Å²) in [5.74, 6) is 0.765. The van der Waals surface area contributed by atoms with Gasteiger partial charge >= 0.3 is 0 Å². The van der Waals surface area contributed by atoms with E-state index in [1.54, 1.807) is 7.05 Å². The van der Waals surface area contributed by atoms with Gasteiger partial charge in [-0.2, -0.15) is 17.8 Å². The van der Waals surface area contributed by atoms with E-state index < -0.39 is 10.2 Å². The molecule has 0 radical (unpaired) electrons. The van der Waals surface area contributed by atoms with Crippen LogP contribution in [0.3, 0.4) is 0 Å². The highest BCUT2D eigenvalue weighted by molar-refractivity contribution is 7.87. The van der Waals surface area contributed by atoms with Gasteiger partial charge in [0.05, 0.1) is 0 Å². The zero-order valence-electron chi connectivity index (χ0n) is 10.3. The molecule has 0 atom stereocenters. The number of rotatable bonds is 7. The Morgan fingerprint density at radius 2 is 2.24 bits per heavy atom. The van der Waals surface area contributed by atoms with Crippen LogP contribution in [0.15, 0.2) is 6.33 Å². The van der Waals surface area contributed by atoms with Crippen LogP contribution >= 0.6 is 0 Å². The van der Waals surface area contributed by atoms with E-state index in [1.165, 1.54) is 10.6 Å². The molecule has 1 rings (SSSR count). The summed E-state index contributed by atoms with van der Waals surface area (Å²) < 4.78 is 27.3. The highest BCUT2D eigenvalue weighted by Gasteiger charge is 2.19. The van der Waals surface area contributed by atoms with Gasteiger partial charge in [-0.15, -0.1) is 0 Å². The van der Waals surface area contributed by atoms with E-state index in [0.29, 0.717) is 19.4 Å². The van der Waals surface area contributed by atoms with Gasteiger partial charge in [-0.25, -0.2) is 9.71 Å². The second-order valence-electron chi connectivity index (χ2n) is 4.05. The van der Waals surface area contributed by atoms with Crippen molar-refractivity contribution in [2.75, 3.05) is 13.6 Å². The first kappa shape index (κ1) is 14.1. The lowest BCUT2D eigenvalue weighted by Crippen LogP contribution is -2.42. The third-order valence-corrected chi connectivity index (χ3v) is 4.19. The molecule has 0 unspecified atom stereocenters. The number of aromatic amines is 1. The van der Waals surface area contributed by atoms with Gasteiger partial charge in [0.25, 0.3) is 10.2 Å². The van der Waals surface area contributed by atoms with Gasteiger partial charge in [-0.3, -0.25) is 5.10 Å². The van der Waals surface area contributed by atoms with Crippen LogP contribution in [-0.2, 0) is 16.6 Å². The van der Waals surface area contributed by atoms with Gasteiger partial charge in [-0.05, 0) is 20.3 Å². The van der Waals surface area contributed by atoms with Crippen LogP contribution < -0.4 is 4.72 Å². The third kappa shape index (κ3) is 4.41. The Labute approximate surface area is 102 Å². The summed E-state index contributed by atoms with van der Waals surface area (Å²) in [7, 11) is -1.80. The average molecular weight is 261 g/mol. The van der Waals surface area contributed by atoms with Gasteiger partial charge in [0, 0.05) is 26.1 Å². The first-order valence-electron chi connectivity index (χ1n) is 5.50. The fourth-order valence-corrected chi connectivity index (χ4v) is 2.35. The predicted octanol–water partition coefficient (Wildman–Crippen LogP) is -0.0881. The number of nitrogens with one attached hydrogen (secondary N) is 2. The summed E-state index contributed by atoms with van der Waals surface area (Å²) >= 11 is 0. The van der Waals surface area contributed by atoms with Crippen molar-refractivity contribution in [2.45, 2.75) is 32.7 Å². The zero-order valence-corrected chi connectivity index (χ0v) is 11.2. The largest absolute Gasteiger partial charge is 0.279 e. The lowest BCUT2D eigenvalue weighted by Gasteiger charge is -2.21. The smallest absolute Gasteiger partial charge is 0.263 e. The van der Waals surface area contributed by atoms with Gasteiger partial charge in [0.2, 0.25) is 0 Å². The van der Waals surface area contributed by atoms with Gasteiger partial charge in [0.15, 0.2) is 0 Å². The number of nitrogens with zero attached hydrogens (tertiary/aromatic N) is 3. The Bertz CT molecular complexity index is 415. The molecule has 0 spiro atoms. The highest BCUT2D eigenvalue weighted by atomic mass is 32.2. The maximum Gasteiger partial charge on any atom is 0.279 e. The first-order chi connectivity index (χ1) is 7.93. The SMILES string of the molecule is CC(C)N(C)S(=O)(=O)NCCCc1ncn[nH]1. The van der Waals surface area contributed by atoms with Crippen molar-refractivity contribution >= 4 is 10.2 Å². The normalized spacial score (nSPS) is 12.5. The summed E-state index contributed by atoms with van der Waals surface area (Å²) in [6.45, 7) is 4.04. The lowest BCUT2D eigenvalue weighted by molar-refractivity contribution is 0.402. The highest BCUT2D eigenvalue weighted by Crippen LogP contribution is 2.01. The van der Waals surface area contributed by atoms with Crippen LogP contribution in [0.4, 0.5) is 0 Å². The summed E-state index contributed by atoms with van der Waals surface area (Å²) in [4.78, 5) is 3.96. The Kier molecular flexibility index (Phi) is 5.03. The number of hydrogen-bond donors (Lipinski definition) is 2. The number of H-pyrrole nitrogens is 1. The van der Waals surface area contributed by atoms with Crippen molar-refractivity contribution in [3.05, 3.63) is 12.2 Å². The van der Waals surface area contributed by atoms with E-state index in [2.05, 4.69) is 19.9 Å². The molecule has 1 heterocycles. The Morgan fingerprint density at radius 1 is 1.53 bits per heavy atom. The fraction of sp³-hybridized carbons (Fsp3) is 0.778. The second-order valence-corrected chi connectivity index (χ2v) is 5.86. The van der Waals surface area contributed by atoms with E-state index in [-0.39, 0.29) is 6.04 Å². The molecule has 7 nitrogen and oxygen atoms in total. The number of hydrogen-bond acceptors (Lipinski definition) is 4. The van der Waals surface area contributed by atoms with E-state index in [1.807, 2.05) is 13.8 Å². The second kappa shape index (κ2) is 6.08. The fourth-order valence-electron chi connectivity index (χ4n) is 1.19. The lowest BCUT2D eigenvalue weighted by atomic mass is 10.3. The Balaban J connectivity index is 2.31. The molecule has 98 valence electrons. The van der Waals surface area contributed by atoms with E-state index in [4.69, 9.17) is 0 Å². The molecule has 0 bridgehead atoms. The molecule has 8 heteroatoms. The Morgan fingerprint density at radius 3 is 2.76 bits per heavy atom. The van der Waals surface area contributed by atoms with Crippen molar-refractivity contribution < 1.29 is 8.42 Å². The van der Waals surface area contributed by atoms with Crippen molar-refractivity contribution in [1.29, 1.82) is 0 Å². The third-order valence-electron chi connectivity index (χ3n) is 2.45. The van der Waals surface area contributed by atoms with E-state index in [9.17, 15) is 8.42 Å². The quantitative estimate of drug-likeness (QED) is 0.671. The molecule has 1 aromatic rings. The molecule has 0 aliphatic rings. The maximum absolute atomic E-state index is 11.7. The molecule has 0 aliphatic heterocycles. The standard InChI is InChI=1S/C9H19N5O2S/c1-8(2)14(3)17(15,16)12-6-4-5-9-10-7-11-13-9/h7-8,12H,4-6H2,1-3H3,(H,10,11,13). The minimum atomic E-state index is -3.36. The topological polar surface area (TPSA) is 91.0 Å². The van der Waals surface area contributed by atoms with Crippen LogP contribution in [0.1, 0.15) is 26.1 Å². The van der Waals surface area contributed by atoms with Crippen LogP contribution in [0.2, 0.25) is 0 Å². The number of aromatic nitrogens is 3. The molecule has 17 heavy (non-hydrogen) atoms. The van der Waals surface area contributed by atoms with Gasteiger partial charge in [-0.1, -0.05) is 0 Å². The van der Waals surface area contributed by atoms with Crippen molar-refractivity contribution in [3.63, 3.8) is 0 Å². The summed E-state index contributed by atoms with van der Waals surface area (Å²) in [6, 6.07) is -0.0539. The molecule has 0 fully saturated rings. The van der Waals surface area contributed by atoms with Crippen molar-refractivity contribution in [1.82, 2.24) is 24.2 Å².